The van der Waals surface area contributed by atoms with Crippen LogP contribution in [0.15, 0.2) is 0 Å². The van der Waals surface area contributed by atoms with E-state index in [9.17, 15) is 9.90 Å². The predicted molar refractivity (Wildman–Crippen MR) is 74.1 cm³/mol. The fraction of sp³-hybridized carbons (Fsp3) is 0.933. The highest BCUT2D eigenvalue weighted by Crippen LogP contribution is 2.38. The standard InChI is InChI=1S/C15H27NO3/c1-3-4-11-9-13(10-14(11)15(17)18)16(2)12-5-7-19-8-6-12/h11-14H,3-10H2,1-2H3,(H,17,18)/t11?,13?,14-/m1/s1. The second-order valence-electron chi connectivity index (χ2n) is 6.13. The van der Waals surface area contributed by atoms with Gasteiger partial charge in [0.1, 0.15) is 0 Å². The molecular formula is C15H27NO3. The molecule has 2 aliphatic rings. The molecule has 0 amide bonds. The van der Waals surface area contributed by atoms with Gasteiger partial charge in [-0.2, -0.15) is 0 Å². The zero-order valence-electron chi connectivity index (χ0n) is 12.2. The molecular weight excluding hydrogens is 242 g/mol. The highest BCUT2D eigenvalue weighted by atomic mass is 16.5. The third kappa shape index (κ3) is 3.48. The molecule has 1 N–H and O–H groups in total. The molecule has 1 aliphatic carbocycles. The van der Waals surface area contributed by atoms with Crippen molar-refractivity contribution in [2.24, 2.45) is 11.8 Å². The van der Waals surface area contributed by atoms with E-state index < -0.39 is 5.97 Å². The van der Waals surface area contributed by atoms with Crippen LogP contribution in [-0.4, -0.2) is 48.3 Å². The van der Waals surface area contributed by atoms with Crippen molar-refractivity contribution in [3.63, 3.8) is 0 Å². The van der Waals surface area contributed by atoms with Crippen LogP contribution in [-0.2, 0) is 9.53 Å². The van der Waals surface area contributed by atoms with Crippen LogP contribution in [0.3, 0.4) is 0 Å². The number of rotatable bonds is 5. The van der Waals surface area contributed by atoms with Gasteiger partial charge in [0.05, 0.1) is 5.92 Å². The van der Waals surface area contributed by atoms with Crippen molar-refractivity contribution in [1.82, 2.24) is 4.90 Å². The molecule has 2 rings (SSSR count). The molecule has 19 heavy (non-hydrogen) atoms. The quantitative estimate of drug-likeness (QED) is 0.832. The number of hydrogen-bond donors (Lipinski definition) is 1. The first kappa shape index (κ1) is 14.8. The lowest BCUT2D eigenvalue weighted by Crippen LogP contribution is -2.42. The Morgan fingerprint density at radius 2 is 1.95 bits per heavy atom. The van der Waals surface area contributed by atoms with Gasteiger partial charge in [-0.3, -0.25) is 4.79 Å². The Bertz CT molecular complexity index is 302. The number of aliphatic carboxylic acids is 1. The Kier molecular flexibility index (Phi) is 5.22. The van der Waals surface area contributed by atoms with Crippen LogP contribution in [0.2, 0.25) is 0 Å². The number of carboxylic acids is 1. The SMILES string of the molecule is CCCC1CC(N(C)C2CCOCC2)C[C@H]1C(=O)O. The maximum Gasteiger partial charge on any atom is 0.306 e. The summed E-state index contributed by atoms with van der Waals surface area (Å²) in [5, 5.41) is 9.38. The van der Waals surface area contributed by atoms with Gasteiger partial charge in [-0.15, -0.1) is 0 Å². The molecule has 1 saturated carbocycles. The first-order chi connectivity index (χ1) is 9.13. The summed E-state index contributed by atoms with van der Waals surface area (Å²) in [6.45, 7) is 3.85. The van der Waals surface area contributed by atoms with E-state index in [0.29, 0.717) is 18.0 Å². The molecule has 1 heterocycles. The molecule has 4 heteroatoms. The lowest BCUT2D eigenvalue weighted by atomic mass is 9.92. The first-order valence-corrected chi connectivity index (χ1v) is 7.66. The lowest BCUT2D eigenvalue weighted by molar-refractivity contribution is -0.143. The molecule has 0 aromatic rings. The number of ether oxygens (including phenoxy) is 1. The second kappa shape index (κ2) is 6.71. The van der Waals surface area contributed by atoms with Gasteiger partial charge in [-0.25, -0.2) is 0 Å². The van der Waals surface area contributed by atoms with Crippen molar-refractivity contribution in [2.75, 3.05) is 20.3 Å². The normalized spacial score (nSPS) is 32.9. The fourth-order valence-electron chi connectivity index (χ4n) is 3.81. The first-order valence-electron chi connectivity index (χ1n) is 7.66. The smallest absolute Gasteiger partial charge is 0.306 e. The summed E-state index contributed by atoms with van der Waals surface area (Å²) in [5.74, 6) is -0.358. The van der Waals surface area contributed by atoms with E-state index in [-0.39, 0.29) is 5.92 Å². The van der Waals surface area contributed by atoms with E-state index in [1.807, 2.05) is 0 Å². The van der Waals surface area contributed by atoms with Gasteiger partial charge in [0.2, 0.25) is 0 Å². The van der Waals surface area contributed by atoms with Crippen LogP contribution in [0, 0.1) is 11.8 Å². The fourth-order valence-corrected chi connectivity index (χ4v) is 3.81. The van der Waals surface area contributed by atoms with Crippen molar-refractivity contribution in [1.29, 1.82) is 0 Å². The largest absolute Gasteiger partial charge is 0.481 e. The molecule has 0 spiro atoms. The van der Waals surface area contributed by atoms with E-state index >= 15 is 0 Å². The van der Waals surface area contributed by atoms with Gasteiger partial charge in [0, 0.05) is 25.3 Å². The van der Waals surface area contributed by atoms with E-state index in [1.165, 1.54) is 0 Å². The Morgan fingerprint density at radius 1 is 1.26 bits per heavy atom. The molecule has 0 bridgehead atoms. The molecule has 0 aromatic carbocycles. The van der Waals surface area contributed by atoms with Crippen LogP contribution in [0.25, 0.3) is 0 Å². The highest BCUT2D eigenvalue weighted by Gasteiger charge is 2.41. The van der Waals surface area contributed by atoms with E-state index in [1.54, 1.807) is 0 Å². The van der Waals surface area contributed by atoms with Crippen LogP contribution in [0.1, 0.15) is 45.4 Å². The van der Waals surface area contributed by atoms with E-state index in [0.717, 1.165) is 51.7 Å². The zero-order chi connectivity index (χ0) is 13.8. The summed E-state index contributed by atoms with van der Waals surface area (Å²) < 4.78 is 5.41. The number of hydrogen-bond acceptors (Lipinski definition) is 3. The third-order valence-electron chi connectivity index (χ3n) is 4.99. The summed E-state index contributed by atoms with van der Waals surface area (Å²) in [5.41, 5.74) is 0. The summed E-state index contributed by atoms with van der Waals surface area (Å²) >= 11 is 0. The minimum atomic E-state index is -0.596. The maximum absolute atomic E-state index is 11.4. The van der Waals surface area contributed by atoms with Gasteiger partial charge in [-0.1, -0.05) is 13.3 Å². The van der Waals surface area contributed by atoms with Gasteiger partial charge in [0.15, 0.2) is 0 Å². The topological polar surface area (TPSA) is 49.8 Å². The van der Waals surface area contributed by atoms with Gasteiger partial charge >= 0.3 is 5.97 Å². The zero-order valence-corrected chi connectivity index (χ0v) is 12.2. The van der Waals surface area contributed by atoms with Crippen molar-refractivity contribution in [3.8, 4) is 0 Å². The Morgan fingerprint density at radius 3 is 2.53 bits per heavy atom. The molecule has 2 fully saturated rings. The van der Waals surface area contributed by atoms with E-state index in [4.69, 9.17) is 4.74 Å². The van der Waals surface area contributed by atoms with Crippen LogP contribution >= 0.6 is 0 Å². The highest BCUT2D eigenvalue weighted by molar-refractivity contribution is 5.70. The molecule has 1 saturated heterocycles. The second-order valence-corrected chi connectivity index (χ2v) is 6.13. The van der Waals surface area contributed by atoms with Crippen LogP contribution < -0.4 is 0 Å². The van der Waals surface area contributed by atoms with Crippen LogP contribution in [0.5, 0.6) is 0 Å². The number of nitrogens with zero attached hydrogens (tertiary/aromatic N) is 1. The molecule has 1 aliphatic heterocycles. The number of carboxylic acid groups (broad SMARTS) is 1. The average Bonchev–Trinajstić information content (AvgIpc) is 2.83. The molecule has 3 atom stereocenters. The number of carbonyl (C=O) groups is 1. The van der Waals surface area contributed by atoms with Crippen molar-refractivity contribution in [2.45, 2.75) is 57.5 Å². The van der Waals surface area contributed by atoms with Crippen molar-refractivity contribution >= 4 is 5.97 Å². The van der Waals surface area contributed by atoms with Gasteiger partial charge < -0.3 is 14.7 Å². The summed E-state index contributed by atoms with van der Waals surface area (Å²) in [7, 11) is 2.17. The summed E-state index contributed by atoms with van der Waals surface area (Å²) in [6, 6.07) is 1.02. The summed E-state index contributed by atoms with van der Waals surface area (Å²) in [4.78, 5) is 13.8. The Labute approximate surface area is 116 Å². The molecule has 0 radical (unpaired) electrons. The third-order valence-corrected chi connectivity index (χ3v) is 4.99. The molecule has 4 nitrogen and oxygen atoms in total. The Hall–Kier alpha value is -0.610. The Balaban J connectivity index is 1.95. The van der Waals surface area contributed by atoms with Crippen LogP contribution in [0.4, 0.5) is 0 Å². The average molecular weight is 269 g/mol. The molecule has 2 unspecified atom stereocenters. The molecule has 0 aromatic heterocycles. The summed E-state index contributed by atoms with van der Waals surface area (Å²) in [6.07, 6.45) is 6.19. The maximum atomic E-state index is 11.4. The van der Waals surface area contributed by atoms with Gasteiger partial charge in [-0.05, 0) is 45.1 Å². The molecule has 110 valence electrons. The minimum absolute atomic E-state index is 0.132. The predicted octanol–water partition coefficient (Wildman–Crippen LogP) is 2.38. The minimum Gasteiger partial charge on any atom is -0.481 e. The van der Waals surface area contributed by atoms with Crippen molar-refractivity contribution in [3.05, 3.63) is 0 Å². The van der Waals surface area contributed by atoms with E-state index in [2.05, 4.69) is 18.9 Å². The van der Waals surface area contributed by atoms with Gasteiger partial charge in [0.25, 0.3) is 0 Å². The lowest BCUT2D eigenvalue weighted by Gasteiger charge is -2.35. The monoisotopic (exact) mass is 269 g/mol. The van der Waals surface area contributed by atoms with Crippen molar-refractivity contribution < 1.29 is 14.6 Å².